The summed E-state index contributed by atoms with van der Waals surface area (Å²) in [6.07, 6.45) is 8.91. The van der Waals surface area contributed by atoms with E-state index >= 15 is 0 Å². The highest BCUT2D eigenvalue weighted by Gasteiger charge is 2.19. The van der Waals surface area contributed by atoms with Gasteiger partial charge in [-0.15, -0.1) is 0 Å². The summed E-state index contributed by atoms with van der Waals surface area (Å²) < 4.78 is 5.60. The van der Waals surface area contributed by atoms with Gasteiger partial charge in [-0.05, 0) is 30.9 Å². The average molecular weight is 176 g/mol. The monoisotopic (exact) mass is 176 g/mol. The van der Waals surface area contributed by atoms with Crippen LogP contribution in [-0.2, 0) is 4.74 Å². The molecule has 0 amide bonds. The number of ether oxygens (including phenoxy) is 1. The fourth-order valence-electron chi connectivity index (χ4n) is 1.93. The van der Waals surface area contributed by atoms with Gasteiger partial charge in [0.15, 0.2) is 0 Å². The van der Waals surface area contributed by atoms with Gasteiger partial charge in [-0.1, -0.05) is 24.6 Å². The van der Waals surface area contributed by atoms with E-state index in [0.29, 0.717) is 5.92 Å². The maximum Gasteiger partial charge on any atom is 0.119 e. The lowest BCUT2D eigenvalue weighted by Crippen LogP contribution is -1.97. The van der Waals surface area contributed by atoms with Gasteiger partial charge < -0.3 is 4.74 Å². The van der Waals surface area contributed by atoms with Crippen molar-refractivity contribution in [3.8, 4) is 0 Å². The molecule has 13 heavy (non-hydrogen) atoms. The second-order valence-electron chi connectivity index (χ2n) is 3.90. The summed E-state index contributed by atoms with van der Waals surface area (Å²) in [5, 5.41) is 0. The van der Waals surface area contributed by atoms with Crippen LogP contribution in [0.5, 0.6) is 0 Å². The molecular weight excluding hydrogens is 160 g/mol. The topological polar surface area (TPSA) is 9.23 Å². The van der Waals surface area contributed by atoms with Crippen molar-refractivity contribution in [3.63, 3.8) is 0 Å². The lowest BCUT2D eigenvalue weighted by atomic mass is 9.94. The summed E-state index contributed by atoms with van der Waals surface area (Å²) in [6.45, 7) is 5.27. The van der Waals surface area contributed by atoms with E-state index in [9.17, 15) is 0 Å². The van der Waals surface area contributed by atoms with Gasteiger partial charge in [-0.2, -0.15) is 0 Å². The summed E-state index contributed by atoms with van der Waals surface area (Å²) >= 11 is 0. The molecule has 0 fully saturated rings. The Morgan fingerprint density at radius 3 is 3.15 bits per heavy atom. The Morgan fingerprint density at radius 1 is 1.46 bits per heavy atom. The number of hydrogen-bond acceptors (Lipinski definition) is 1. The van der Waals surface area contributed by atoms with Crippen molar-refractivity contribution >= 4 is 0 Å². The molecule has 0 saturated heterocycles. The maximum absolute atomic E-state index is 5.60. The molecule has 1 aliphatic heterocycles. The Kier molecular flexibility index (Phi) is 2.26. The minimum Gasteiger partial charge on any atom is -0.493 e. The van der Waals surface area contributed by atoms with Crippen LogP contribution >= 0.6 is 0 Å². The largest absolute Gasteiger partial charge is 0.493 e. The first-order chi connectivity index (χ1) is 6.27. The molecule has 2 aliphatic rings. The number of rotatable bonds is 0. The van der Waals surface area contributed by atoms with Crippen LogP contribution in [0.25, 0.3) is 0 Å². The third-order valence-corrected chi connectivity index (χ3v) is 2.74. The molecule has 1 nitrogen and oxygen atoms in total. The SMILES string of the molecule is CC1=CC2=C(CCO2)C(C)C=CC1. The predicted molar refractivity (Wildman–Crippen MR) is 54.3 cm³/mol. The Labute approximate surface area is 79.8 Å². The third kappa shape index (κ3) is 1.69. The highest BCUT2D eigenvalue weighted by molar-refractivity contribution is 5.32. The van der Waals surface area contributed by atoms with Crippen molar-refractivity contribution in [2.24, 2.45) is 5.92 Å². The van der Waals surface area contributed by atoms with Crippen molar-refractivity contribution in [2.75, 3.05) is 6.61 Å². The minimum absolute atomic E-state index is 0.557. The average Bonchev–Trinajstić information content (AvgIpc) is 2.49. The molecule has 0 bridgehead atoms. The lowest BCUT2D eigenvalue weighted by molar-refractivity contribution is 0.256. The van der Waals surface area contributed by atoms with Gasteiger partial charge in [0.2, 0.25) is 0 Å². The van der Waals surface area contributed by atoms with Crippen LogP contribution in [0.1, 0.15) is 26.7 Å². The highest BCUT2D eigenvalue weighted by Crippen LogP contribution is 2.30. The van der Waals surface area contributed by atoms with E-state index in [0.717, 1.165) is 25.2 Å². The van der Waals surface area contributed by atoms with Crippen LogP contribution in [0, 0.1) is 5.92 Å². The van der Waals surface area contributed by atoms with E-state index in [2.05, 4.69) is 32.1 Å². The molecule has 0 aromatic heterocycles. The van der Waals surface area contributed by atoms with Crippen LogP contribution in [0.2, 0.25) is 0 Å². The summed E-state index contributed by atoms with van der Waals surface area (Å²) in [5.41, 5.74) is 2.85. The summed E-state index contributed by atoms with van der Waals surface area (Å²) in [4.78, 5) is 0. The van der Waals surface area contributed by atoms with Gasteiger partial charge in [0, 0.05) is 6.42 Å². The van der Waals surface area contributed by atoms with Gasteiger partial charge in [0.05, 0.1) is 6.61 Å². The summed E-state index contributed by atoms with van der Waals surface area (Å²) in [5.74, 6) is 1.69. The first-order valence-electron chi connectivity index (χ1n) is 4.97. The fourth-order valence-corrected chi connectivity index (χ4v) is 1.93. The lowest BCUT2D eigenvalue weighted by Gasteiger charge is -2.11. The zero-order valence-electron chi connectivity index (χ0n) is 8.34. The minimum atomic E-state index is 0.557. The van der Waals surface area contributed by atoms with Crippen molar-refractivity contribution in [3.05, 3.63) is 35.1 Å². The molecule has 2 rings (SSSR count). The molecule has 0 N–H and O–H groups in total. The Balaban J connectivity index is 2.37. The zero-order chi connectivity index (χ0) is 9.26. The molecule has 1 unspecified atom stereocenters. The maximum atomic E-state index is 5.60. The third-order valence-electron chi connectivity index (χ3n) is 2.74. The van der Waals surface area contributed by atoms with Crippen molar-refractivity contribution in [1.82, 2.24) is 0 Å². The van der Waals surface area contributed by atoms with Gasteiger partial charge >= 0.3 is 0 Å². The standard InChI is InChI=1S/C12H16O/c1-9-4-3-5-10(2)11-6-7-13-12(11)8-9/h3,5,8,10H,4,6-7H2,1-2H3. The quantitative estimate of drug-likeness (QED) is 0.515. The Hall–Kier alpha value is -0.980. The summed E-state index contributed by atoms with van der Waals surface area (Å²) in [7, 11) is 0. The molecule has 70 valence electrons. The molecule has 1 aliphatic carbocycles. The zero-order valence-corrected chi connectivity index (χ0v) is 8.34. The molecule has 0 aromatic rings. The summed E-state index contributed by atoms with van der Waals surface area (Å²) in [6, 6.07) is 0. The van der Waals surface area contributed by atoms with E-state index in [1.54, 1.807) is 0 Å². The highest BCUT2D eigenvalue weighted by atomic mass is 16.5. The number of hydrogen-bond donors (Lipinski definition) is 0. The molecule has 1 heteroatoms. The van der Waals surface area contributed by atoms with Crippen molar-refractivity contribution in [2.45, 2.75) is 26.7 Å². The normalized spacial score (nSPS) is 27.5. The van der Waals surface area contributed by atoms with Crippen molar-refractivity contribution in [1.29, 1.82) is 0 Å². The second-order valence-corrected chi connectivity index (χ2v) is 3.90. The number of allylic oxidation sites excluding steroid dienone is 4. The fraction of sp³-hybridized carbons (Fsp3) is 0.500. The molecule has 0 spiro atoms. The smallest absolute Gasteiger partial charge is 0.119 e. The van der Waals surface area contributed by atoms with Crippen LogP contribution in [0.15, 0.2) is 35.1 Å². The molecule has 1 atom stereocenters. The van der Waals surface area contributed by atoms with Crippen LogP contribution in [-0.4, -0.2) is 6.61 Å². The van der Waals surface area contributed by atoms with Crippen LogP contribution in [0.4, 0.5) is 0 Å². The first-order valence-corrected chi connectivity index (χ1v) is 4.97. The Morgan fingerprint density at radius 2 is 2.31 bits per heavy atom. The Bertz CT molecular complexity index is 294. The van der Waals surface area contributed by atoms with Crippen LogP contribution < -0.4 is 0 Å². The van der Waals surface area contributed by atoms with Gasteiger partial charge in [-0.25, -0.2) is 0 Å². The van der Waals surface area contributed by atoms with Crippen LogP contribution in [0.3, 0.4) is 0 Å². The first kappa shape index (κ1) is 8.61. The second kappa shape index (κ2) is 3.41. The molecule has 0 aromatic carbocycles. The molecule has 0 saturated carbocycles. The van der Waals surface area contributed by atoms with Gasteiger partial charge in [0.1, 0.15) is 5.76 Å². The van der Waals surface area contributed by atoms with E-state index in [1.165, 1.54) is 11.1 Å². The van der Waals surface area contributed by atoms with Crippen molar-refractivity contribution < 1.29 is 4.74 Å². The molecular formula is C12H16O. The predicted octanol–water partition coefficient (Wildman–Crippen LogP) is 3.20. The van der Waals surface area contributed by atoms with Gasteiger partial charge in [0.25, 0.3) is 0 Å². The van der Waals surface area contributed by atoms with E-state index < -0.39 is 0 Å². The van der Waals surface area contributed by atoms with E-state index in [-0.39, 0.29) is 0 Å². The van der Waals surface area contributed by atoms with Gasteiger partial charge in [-0.3, -0.25) is 0 Å². The molecule has 1 heterocycles. The van der Waals surface area contributed by atoms with E-state index in [4.69, 9.17) is 4.74 Å². The van der Waals surface area contributed by atoms with E-state index in [1.807, 2.05) is 0 Å². The molecule has 0 radical (unpaired) electrons.